The van der Waals surface area contributed by atoms with Crippen molar-refractivity contribution in [2.75, 3.05) is 18.9 Å². The molecule has 1 N–H and O–H groups in total. The van der Waals surface area contributed by atoms with Crippen LogP contribution in [0.2, 0.25) is 0 Å². The van der Waals surface area contributed by atoms with E-state index in [0.29, 0.717) is 13.2 Å². The second-order valence-corrected chi connectivity index (χ2v) is 9.60. The number of rotatable bonds is 13. The van der Waals surface area contributed by atoms with Gasteiger partial charge in [0.25, 0.3) is 0 Å². The summed E-state index contributed by atoms with van der Waals surface area (Å²) in [6.07, 6.45) is 0.987. The maximum absolute atomic E-state index is 6.05. The molecule has 0 atom stereocenters. The molecule has 9 heteroatoms. The van der Waals surface area contributed by atoms with Crippen LogP contribution in [-0.4, -0.2) is 39.1 Å². The molecular formula is C26H28BrN5O2S. The van der Waals surface area contributed by atoms with E-state index in [1.165, 1.54) is 0 Å². The first-order chi connectivity index (χ1) is 17.2. The second kappa shape index (κ2) is 13.3. The Kier molecular flexibility index (Phi) is 9.56. The van der Waals surface area contributed by atoms with Crippen molar-refractivity contribution in [3.63, 3.8) is 0 Å². The minimum atomic E-state index is 0.496. The Balaban J connectivity index is 1.26. The number of hydrogen-bond donors (Lipinski definition) is 1. The summed E-state index contributed by atoms with van der Waals surface area (Å²) in [4.78, 5) is 0. The molecule has 35 heavy (non-hydrogen) atoms. The first-order valence-corrected chi connectivity index (χ1v) is 13.3. The molecular weight excluding hydrogens is 526 g/mol. The molecule has 0 aliphatic heterocycles. The smallest absolute Gasteiger partial charge is 0.214 e. The van der Waals surface area contributed by atoms with E-state index in [4.69, 9.17) is 9.47 Å². The fourth-order valence-electron chi connectivity index (χ4n) is 3.41. The van der Waals surface area contributed by atoms with Crippen molar-refractivity contribution >= 4 is 27.7 Å². The average molecular weight is 555 g/mol. The molecule has 7 nitrogen and oxygen atoms in total. The van der Waals surface area contributed by atoms with Crippen LogP contribution in [0.3, 0.4) is 0 Å². The molecule has 0 saturated heterocycles. The maximum atomic E-state index is 6.05. The monoisotopic (exact) mass is 553 g/mol. The van der Waals surface area contributed by atoms with Gasteiger partial charge in [0, 0.05) is 16.8 Å². The molecule has 0 amide bonds. The van der Waals surface area contributed by atoms with Gasteiger partial charge in [-0.15, -0.1) is 5.10 Å². The third-order valence-electron chi connectivity index (χ3n) is 5.14. The molecule has 4 rings (SSSR count). The summed E-state index contributed by atoms with van der Waals surface area (Å²) in [5.41, 5.74) is 3.21. The number of para-hydroxylation sites is 1. The summed E-state index contributed by atoms with van der Waals surface area (Å²) >= 11 is 5.35. The first kappa shape index (κ1) is 25.2. The van der Waals surface area contributed by atoms with Gasteiger partial charge in [-0.05, 0) is 65.7 Å². The average Bonchev–Trinajstić information content (AvgIpc) is 3.36. The van der Waals surface area contributed by atoms with Crippen LogP contribution in [0.15, 0.2) is 82.4 Å². The summed E-state index contributed by atoms with van der Waals surface area (Å²) in [6.45, 7) is 4.66. The van der Waals surface area contributed by atoms with Gasteiger partial charge in [0.05, 0.1) is 12.3 Å². The zero-order chi connectivity index (χ0) is 24.3. The van der Waals surface area contributed by atoms with Crippen molar-refractivity contribution in [3.05, 3.63) is 88.4 Å². The van der Waals surface area contributed by atoms with Crippen LogP contribution in [-0.2, 0) is 13.2 Å². The van der Waals surface area contributed by atoms with Crippen LogP contribution in [0, 0.1) is 0 Å². The van der Waals surface area contributed by atoms with Crippen LogP contribution in [0.5, 0.6) is 11.5 Å². The van der Waals surface area contributed by atoms with Gasteiger partial charge in [0.15, 0.2) is 11.5 Å². The Bertz CT molecular complexity index is 1190. The maximum Gasteiger partial charge on any atom is 0.214 e. The fourth-order valence-corrected chi connectivity index (χ4v) is 4.71. The number of halogens is 1. The molecule has 1 aromatic heterocycles. The molecule has 182 valence electrons. The zero-order valence-electron chi connectivity index (χ0n) is 19.6. The van der Waals surface area contributed by atoms with Crippen molar-refractivity contribution in [2.45, 2.75) is 31.7 Å². The highest BCUT2D eigenvalue weighted by atomic mass is 79.9. The molecule has 0 radical (unpaired) electrons. The SMILES string of the molecule is CCOc1cc(CNCCCSc2nnnn2-c2ccccc2)c(Br)cc1OCc1ccccc1. The lowest BCUT2D eigenvalue weighted by molar-refractivity contribution is 0.269. The summed E-state index contributed by atoms with van der Waals surface area (Å²) in [5.74, 6) is 2.41. The molecule has 0 saturated carbocycles. The minimum absolute atomic E-state index is 0.496. The van der Waals surface area contributed by atoms with Crippen molar-refractivity contribution < 1.29 is 9.47 Å². The van der Waals surface area contributed by atoms with E-state index in [9.17, 15) is 0 Å². The molecule has 0 bridgehead atoms. The van der Waals surface area contributed by atoms with E-state index in [1.807, 2.05) is 79.7 Å². The lowest BCUT2D eigenvalue weighted by atomic mass is 10.2. The Hall–Kier alpha value is -2.88. The van der Waals surface area contributed by atoms with Crippen LogP contribution in [0.25, 0.3) is 5.69 Å². The quantitative estimate of drug-likeness (QED) is 0.169. The number of nitrogens with zero attached hydrogens (tertiary/aromatic N) is 4. The van der Waals surface area contributed by atoms with Crippen LogP contribution in [0.4, 0.5) is 0 Å². The number of tetrazole rings is 1. The van der Waals surface area contributed by atoms with Gasteiger partial charge >= 0.3 is 0 Å². The van der Waals surface area contributed by atoms with Crippen molar-refractivity contribution in [1.29, 1.82) is 0 Å². The molecule has 0 aliphatic carbocycles. The summed E-state index contributed by atoms with van der Waals surface area (Å²) in [7, 11) is 0. The van der Waals surface area contributed by atoms with E-state index in [-0.39, 0.29) is 0 Å². The van der Waals surface area contributed by atoms with Gasteiger partial charge < -0.3 is 14.8 Å². The number of hydrogen-bond acceptors (Lipinski definition) is 7. The van der Waals surface area contributed by atoms with Gasteiger partial charge in [0.1, 0.15) is 6.61 Å². The van der Waals surface area contributed by atoms with Crippen LogP contribution < -0.4 is 14.8 Å². The van der Waals surface area contributed by atoms with Crippen molar-refractivity contribution in [1.82, 2.24) is 25.5 Å². The third kappa shape index (κ3) is 7.30. The van der Waals surface area contributed by atoms with E-state index in [1.54, 1.807) is 16.4 Å². The number of thioether (sulfide) groups is 1. The Morgan fingerprint density at radius 2 is 1.71 bits per heavy atom. The van der Waals surface area contributed by atoms with Crippen molar-refractivity contribution in [2.24, 2.45) is 0 Å². The van der Waals surface area contributed by atoms with Gasteiger partial charge in [-0.3, -0.25) is 0 Å². The molecule has 1 heterocycles. The zero-order valence-corrected chi connectivity index (χ0v) is 22.0. The largest absolute Gasteiger partial charge is 0.490 e. The highest BCUT2D eigenvalue weighted by Gasteiger charge is 2.12. The Morgan fingerprint density at radius 3 is 2.49 bits per heavy atom. The van der Waals surface area contributed by atoms with E-state index in [2.05, 4.69) is 36.8 Å². The first-order valence-electron chi connectivity index (χ1n) is 11.5. The van der Waals surface area contributed by atoms with E-state index >= 15 is 0 Å². The Morgan fingerprint density at radius 1 is 0.971 bits per heavy atom. The highest BCUT2D eigenvalue weighted by Crippen LogP contribution is 2.34. The Labute approximate surface area is 218 Å². The van der Waals surface area contributed by atoms with E-state index in [0.717, 1.165) is 63.2 Å². The standard InChI is InChI=1S/C26H28BrN5O2S/c1-2-33-24-16-21(23(27)17-25(24)34-19-20-10-5-3-6-11-20)18-28-14-9-15-35-26-29-30-31-32(26)22-12-7-4-8-13-22/h3-8,10-13,16-17,28H,2,9,14-15,18-19H2,1H3. The molecule has 0 aliphatic rings. The van der Waals surface area contributed by atoms with Crippen molar-refractivity contribution in [3.8, 4) is 17.2 Å². The van der Waals surface area contributed by atoms with Crippen LogP contribution >= 0.6 is 27.7 Å². The van der Waals surface area contributed by atoms with Gasteiger partial charge in [-0.2, -0.15) is 4.68 Å². The normalized spacial score (nSPS) is 10.9. The van der Waals surface area contributed by atoms with Crippen LogP contribution in [0.1, 0.15) is 24.5 Å². The highest BCUT2D eigenvalue weighted by molar-refractivity contribution is 9.10. The lowest BCUT2D eigenvalue weighted by Gasteiger charge is -2.15. The molecule has 0 unspecified atom stereocenters. The summed E-state index contributed by atoms with van der Waals surface area (Å²) < 4.78 is 14.7. The predicted octanol–water partition coefficient (Wildman–Crippen LogP) is 5.67. The number of ether oxygens (including phenoxy) is 2. The van der Waals surface area contributed by atoms with E-state index < -0.39 is 0 Å². The predicted molar refractivity (Wildman–Crippen MR) is 142 cm³/mol. The topological polar surface area (TPSA) is 74.1 Å². The number of aromatic nitrogens is 4. The summed E-state index contributed by atoms with van der Waals surface area (Å²) in [5, 5.41) is 16.4. The molecule has 3 aromatic carbocycles. The van der Waals surface area contributed by atoms with Gasteiger partial charge in [0.2, 0.25) is 5.16 Å². The number of nitrogens with one attached hydrogen (secondary N) is 1. The van der Waals surface area contributed by atoms with Gasteiger partial charge in [-0.25, -0.2) is 0 Å². The number of benzene rings is 3. The minimum Gasteiger partial charge on any atom is -0.490 e. The molecule has 4 aromatic rings. The summed E-state index contributed by atoms with van der Waals surface area (Å²) in [6, 6.07) is 24.1. The second-order valence-electron chi connectivity index (χ2n) is 7.69. The lowest BCUT2D eigenvalue weighted by Crippen LogP contribution is -2.16. The third-order valence-corrected chi connectivity index (χ3v) is 6.88. The van der Waals surface area contributed by atoms with Gasteiger partial charge in [-0.1, -0.05) is 76.2 Å². The molecule has 0 spiro atoms. The molecule has 0 fully saturated rings. The fraction of sp³-hybridized carbons (Fsp3) is 0.269.